The van der Waals surface area contributed by atoms with Crippen LogP contribution in [0.2, 0.25) is 0 Å². The first-order valence-electron chi connectivity index (χ1n) is 4.38. The van der Waals surface area contributed by atoms with Gasteiger partial charge in [0.2, 0.25) is 0 Å². The van der Waals surface area contributed by atoms with Crippen molar-refractivity contribution in [3.63, 3.8) is 0 Å². The number of hydrogen-bond donors (Lipinski definition) is 0. The Bertz CT molecular complexity index is 317. The second-order valence-corrected chi connectivity index (χ2v) is 3.98. The van der Waals surface area contributed by atoms with Gasteiger partial charge in [-0.3, -0.25) is 0 Å². The van der Waals surface area contributed by atoms with Crippen LogP contribution in [-0.2, 0) is 16.0 Å². The summed E-state index contributed by atoms with van der Waals surface area (Å²) in [7, 11) is 1.37. The van der Waals surface area contributed by atoms with E-state index in [4.69, 9.17) is 0 Å². The lowest BCUT2D eigenvalue weighted by molar-refractivity contribution is -0.107. The van der Waals surface area contributed by atoms with E-state index >= 15 is 0 Å². The Balaban J connectivity index is 2.50. The third-order valence-corrected chi connectivity index (χ3v) is 2.92. The molecule has 0 aromatic carbocycles. The SMILES string of the molecule is COC(=O)c1ccc(CCCC=O)s1. The highest BCUT2D eigenvalue weighted by atomic mass is 32.1. The minimum Gasteiger partial charge on any atom is -0.465 e. The predicted octanol–water partition coefficient (Wildman–Crippen LogP) is 2.06. The summed E-state index contributed by atoms with van der Waals surface area (Å²) in [6.45, 7) is 0. The third-order valence-electron chi connectivity index (χ3n) is 1.79. The second-order valence-electron chi connectivity index (χ2n) is 2.82. The van der Waals surface area contributed by atoms with Crippen LogP contribution in [0.4, 0.5) is 0 Å². The van der Waals surface area contributed by atoms with Gasteiger partial charge in [-0.15, -0.1) is 11.3 Å². The van der Waals surface area contributed by atoms with Gasteiger partial charge in [0.25, 0.3) is 0 Å². The van der Waals surface area contributed by atoms with Crippen molar-refractivity contribution in [3.05, 3.63) is 21.9 Å². The quantitative estimate of drug-likeness (QED) is 0.426. The summed E-state index contributed by atoms with van der Waals surface area (Å²) in [5.74, 6) is -0.295. The molecule has 0 saturated carbocycles. The van der Waals surface area contributed by atoms with Gasteiger partial charge in [-0.2, -0.15) is 0 Å². The molecule has 1 aromatic rings. The average molecular weight is 212 g/mol. The smallest absolute Gasteiger partial charge is 0.348 e. The Hall–Kier alpha value is -1.16. The van der Waals surface area contributed by atoms with Crippen molar-refractivity contribution in [1.82, 2.24) is 0 Å². The van der Waals surface area contributed by atoms with Crippen molar-refractivity contribution in [2.75, 3.05) is 7.11 Å². The molecule has 0 saturated heterocycles. The largest absolute Gasteiger partial charge is 0.465 e. The number of thiophene rings is 1. The fourth-order valence-electron chi connectivity index (χ4n) is 1.08. The molecule has 0 unspecified atom stereocenters. The summed E-state index contributed by atoms with van der Waals surface area (Å²) in [6, 6.07) is 3.66. The van der Waals surface area contributed by atoms with Crippen LogP contribution in [0, 0.1) is 0 Å². The fourth-order valence-corrected chi connectivity index (χ4v) is 2.05. The van der Waals surface area contributed by atoms with E-state index in [9.17, 15) is 9.59 Å². The molecular formula is C10H12O3S. The van der Waals surface area contributed by atoms with Crippen molar-refractivity contribution >= 4 is 23.6 Å². The van der Waals surface area contributed by atoms with Crippen LogP contribution in [0.3, 0.4) is 0 Å². The molecule has 0 atom stereocenters. The van der Waals surface area contributed by atoms with Crippen molar-refractivity contribution < 1.29 is 14.3 Å². The molecule has 0 N–H and O–H groups in total. The summed E-state index contributed by atoms with van der Waals surface area (Å²) in [6.07, 6.45) is 3.17. The lowest BCUT2D eigenvalue weighted by Crippen LogP contribution is -1.96. The van der Waals surface area contributed by atoms with Gasteiger partial charge in [0.1, 0.15) is 11.2 Å². The van der Waals surface area contributed by atoms with Crippen LogP contribution in [-0.4, -0.2) is 19.4 Å². The molecule has 1 heterocycles. The van der Waals surface area contributed by atoms with E-state index in [-0.39, 0.29) is 5.97 Å². The standard InChI is InChI=1S/C10H12O3S/c1-13-10(12)9-6-5-8(14-9)4-2-3-7-11/h5-7H,2-4H2,1H3. The highest BCUT2D eigenvalue weighted by Crippen LogP contribution is 2.18. The van der Waals surface area contributed by atoms with Crippen LogP contribution in [0.15, 0.2) is 12.1 Å². The fraction of sp³-hybridized carbons (Fsp3) is 0.400. The second kappa shape index (κ2) is 5.54. The van der Waals surface area contributed by atoms with Crippen LogP contribution >= 0.6 is 11.3 Å². The topological polar surface area (TPSA) is 43.4 Å². The normalized spacial score (nSPS) is 9.79. The van der Waals surface area contributed by atoms with Gasteiger partial charge in [-0.05, 0) is 25.0 Å². The van der Waals surface area contributed by atoms with Gasteiger partial charge >= 0.3 is 5.97 Å². The highest BCUT2D eigenvalue weighted by molar-refractivity contribution is 7.13. The van der Waals surface area contributed by atoms with Gasteiger partial charge in [0, 0.05) is 11.3 Å². The zero-order valence-corrected chi connectivity index (χ0v) is 8.80. The number of carbonyl (C=O) groups is 2. The molecular weight excluding hydrogens is 200 g/mol. The Morgan fingerprint density at radius 3 is 3.00 bits per heavy atom. The van der Waals surface area contributed by atoms with Crippen LogP contribution < -0.4 is 0 Å². The molecule has 14 heavy (non-hydrogen) atoms. The molecule has 0 spiro atoms. The first-order valence-corrected chi connectivity index (χ1v) is 5.20. The van der Waals surface area contributed by atoms with Gasteiger partial charge in [-0.1, -0.05) is 0 Å². The molecule has 0 radical (unpaired) electrons. The number of aryl methyl sites for hydroxylation is 1. The number of hydrogen-bond acceptors (Lipinski definition) is 4. The lowest BCUT2D eigenvalue weighted by atomic mass is 10.2. The predicted molar refractivity (Wildman–Crippen MR) is 54.7 cm³/mol. The zero-order chi connectivity index (χ0) is 10.4. The van der Waals surface area contributed by atoms with E-state index in [1.165, 1.54) is 18.4 Å². The Morgan fingerprint density at radius 1 is 1.57 bits per heavy atom. The molecule has 4 heteroatoms. The first-order chi connectivity index (χ1) is 6.77. The number of carbonyl (C=O) groups excluding carboxylic acids is 2. The molecule has 3 nitrogen and oxygen atoms in total. The van der Waals surface area contributed by atoms with E-state index in [0.717, 1.165) is 24.0 Å². The van der Waals surface area contributed by atoms with Crippen LogP contribution in [0.1, 0.15) is 27.4 Å². The van der Waals surface area contributed by atoms with E-state index in [0.29, 0.717) is 11.3 Å². The van der Waals surface area contributed by atoms with Gasteiger partial charge in [-0.25, -0.2) is 4.79 Å². The maximum absolute atomic E-state index is 11.1. The zero-order valence-electron chi connectivity index (χ0n) is 7.99. The Labute approximate surface area is 86.7 Å². The Morgan fingerprint density at radius 2 is 2.36 bits per heavy atom. The molecule has 0 aliphatic heterocycles. The summed E-state index contributed by atoms with van der Waals surface area (Å²) in [5.41, 5.74) is 0. The molecule has 1 rings (SSSR count). The van der Waals surface area contributed by atoms with Crippen molar-refractivity contribution in [2.24, 2.45) is 0 Å². The molecule has 1 aromatic heterocycles. The maximum atomic E-state index is 11.1. The highest BCUT2D eigenvalue weighted by Gasteiger charge is 2.08. The Kier molecular flexibility index (Phi) is 4.32. The van der Waals surface area contributed by atoms with E-state index in [1.807, 2.05) is 6.07 Å². The van der Waals surface area contributed by atoms with E-state index in [1.54, 1.807) is 6.07 Å². The molecule has 76 valence electrons. The van der Waals surface area contributed by atoms with E-state index in [2.05, 4.69) is 4.74 Å². The minimum atomic E-state index is -0.295. The molecule has 0 bridgehead atoms. The molecule has 0 aliphatic carbocycles. The third kappa shape index (κ3) is 2.96. The molecule has 0 aliphatic rings. The molecule has 0 fully saturated rings. The van der Waals surface area contributed by atoms with Gasteiger partial charge in [0.05, 0.1) is 7.11 Å². The lowest BCUT2D eigenvalue weighted by Gasteiger charge is -1.93. The van der Waals surface area contributed by atoms with Gasteiger partial charge < -0.3 is 9.53 Å². The van der Waals surface area contributed by atoms with E-state index < -0.39 is 0 Å². The monoisotopic (exact) mass is 212 g/mol. The van der Waals surface area contributed by atoms with Crippen molar-refractivity contribution in [1.29, 1.82) is 0 Å². The number of ether oxygens (including phenoxy) is 1. The summed E-state index contributed by atoms with van der Waals surface area (Å²) in [4.78, 5) is 22.9. The van der Waals surface area contributed by atoms with Crippen molar-refractivity contribution in [2.45, 2.75) is 19.3 Å². The summed E-state index contributed by atoms with van der Waals surface area (Å²) < 4.78 is 4.59. The number of aldehydes is 1. The van der Waals surface area contributed by atoms with Crippen molar-refractivity contribution in [3.8, 4) is 0 Å². The average Bonchev–Trinajstić information content (AvgIpc) is 2.66. The minimum absolute atomic E-state index is 0.295. The number of methoxy groups -OCH3 is 1. The molecule has 0 amide bonds. The summed E-state index contributed by atoms with van der Waals surface area (Å²) >= 11 is 1.43. The number of rotatable bonds is 5. The number of unbranched alkanes of at least 4 members (excludes halogenated alkanes) is 1. The van der Waals surface area contributed by atoms with Crippen LogP contribution in [0.25, 0.3) is 0 Å². The maximum Gasteiger partial charge on any atom is 0.348 e. The number of esters is 1. The summed E-state index contributed by atoms with van der Waals surface area (Å²) in [5, 5.41) is 0. The van der Waals surface area contributed by atoms with Crippen LogP contribution in [0.5, 0.6) is 0 Å². The van der Waals surface area contributed by atoms with Gasteiger partial charge in [0.15, 0.2) is 0 Å². The first kappa shape index (κ1) is 10.9.